The van der Waals surface area contributed by atoms with Crippen molar-refractivity contribution in [1.29, 1.82) is 0 Å². The van der Waals surface area contributed by atoms with Crippen LogP contribution in [0.15, 0.2) is 24.4 Å². The minimum Gasteiger partial charge on any atom is -0.466 e. The molecule has 5 nitrogen and oxygen atoms in total. The van der Waals surface area contributed by atoms with Gasteiger partial charge >= 0.3 is 5.97 Å². The fraction of sp³-hybridized carbons (Fsp3) is 0.364. The fourth-order valence-electron chi connectivity index (χ4n) is 1.43. The van der Waals surface area contributed by atoms with E-state index in [1.807, 2.05) is 24.4 Å². The highest BCUT2D eigenvalue weighted by molar-refractivity contribution is 5.69. The Labute approximate surface area is 93.1 Å². The lowest BCUT2D eigenvalue weighted by Gasteiger charge is -1.98. The van der Waals surface area contributed by atoms with Crippen molar-refractivity contribution < 1.29 is 9.53 Å². The molecule has 2 aromatic rings. The van der Waals surface area contributed by atoms with E-state index < -0.39 is 0 Å². The summed E-state index contributed by atoms with van der Waals surface area (Å²) in [6.07, 6.45) is 2.67. The van der Waals surface area contributed by atoms with Gasteiger partial charge < -0.3 is 4.74 Å². The molecule has 0 saturated carbocycles. The van der Waals surface area contributed by atoms with E-state index in [9.17, 15) is 4.79 Å². The van der Waals surface area contributed by atoms with Gasteiger partial charge in [0.2, 0.25) is 0 Å². The molecule has 5 heteroatoms. The van der Waals surface area contributed by atoms with E-state index in [0.29, 0.717) is 25.3 Å². The number of hydrogen-bond donors (Lipinski definition) is 0. The molecule has 0 aromatic carbocycles. The highest BCUT2D eigenvalue weighted by atomic mass is 16.5. The van der Waals surface area contributed by atoms with Crippen LogP contribution in [0, 0.1) is 0 Å². The van der Waals surface area contributed by atoms with Crippen LogP contribution >= 0.6 is 0 Å². The van der Waals surface area contributed by atoms with Crippen LogP contribution in [-0.2, 0) is 16.0 Å². The van der Waals surface area contributed by atoms with Crippen LogP contribution in [0.1, 0.15) is 19.2 Å². The topological polar surface area (TPSA) is 56.5 Å². The van der Waals surface area contributed by atoms with E-state index in [4.69, 9.17) is 4.74 Å². The maximum absolute atomic E-state index is 11.1. The molecule has 0 radical (unpaired) electrons. The van der Waals surface area contributed by atoms with Crippen molar-refractivity contribution in [2.45, 2.75) is 19.8 Å². The Morgan fingerprint density at radius 3 is 3.12 bits per heavy atom. The smallest absolute Gasteiger partial charge is 0.306 e. The largest absolute Gasteiger partial charge is 0.466 e. The van der Waals surface area contributed by atoms with Gasteiger partial charge in [0.1, 0.15) is 0 Å². The Kier molecular flexibility index (Phi) is 3.14. The van der Waals surface area contributed by atoms with E-state index >= 15 is 0 Å². The average molecular weight is 219 g/mol. The number of aryl methyl sites for hydroxylation is 1. The highest BCUT2D eigenvalue weighted by Gasteiger charge is 2.06. The Morgan fingerprint density at radius 2 is 2.38 bits per heavy atom. The van der Waals surface area contributed by atoms with Gasteiger partial charge in [-0.3, -0.25) is 4.79 Å². The summed E-state index contributed by atoms with van der Waals surface area (Å²) in [6, 6.07) is 5.66. The zero-order valence-corrected chi connectivity index (χ0v) is 9.09. The summed E-state index contributed by atoms with van der Waals surface area (Å²) in [5.41, 5.74) is 0.793. The molecule has 2 rings (SSSR count). The first kappa shape index (κ1) is 10.6. The van der Waals surface area contributed by atoms with Crippen molar-refractivity contribution >= 4 is 11.6 Å². The summed E-state index contributed by atoms with van der Waals surface area (Å²) in [7, 11) is 0. The molecular weight excluding hydrogens is 206 g/mol. The fourth-order valence-corrected chi connectivity index (χ4v) is 1.43. The standard InChI is InChI=1S/C11H13N3O2/c1-2-16-11(15)7-6-9-12-10-5-3-4-8-14(10)13-9/h3-5,8H,2,6-7H2,1H3. The number of ether oxygens (including phenoxy) is 1. The van der Waals surface area contributed by atoms with Crippen molar-refractivity contribution in [2.75, 3.05) is 6.61 Å². The summed E-state index contributed by atoms with van der Waals surface area (Å²) in [5, 5.41) is 4.24. The molecule has 2 heterocycles. The van der Waals surface area contributed by atoms with Crippen LogP contribution in [0.4, 0.5) is 0 Å². The number of esters is 1. The maximum atomic E-state index is 11.1. The first-order valence-electron chi connectivity index (χ1n) is 5.25. The molecule has 0 fully saturated rings. The Balaban J connectivity index is 2.02. The van der Waals surface area contributed by atoms with Crippen LogP contribution in [-0.4, -0.2) is 27.2 Å². The molecule has 0 aliphatic heterocycles. The lowest BCUT2D eigenvalue weighted by Crippen LogP contribution is -2.05. The van der Waals surface area contributed by atoms with Crippen molar-refractivity contribution in [3.63, 3.8) is 0 Å². The predicted molar refractivity (Wildman–Crippen MR) is 57.9 cm³/mol. The summed E-state index contributed by atoms with van der Waals surface area (Å²) in [6.45, 7) is 2.21. The second-order valence-electron chi connectivity index (χ2n) is 3.34. The second kappa shape index (κ2) is 4.74. The molecule has 0 bridgehead atoms. The molecule has 84 valence electrons. The van der Waals surface area contributed by atoms with Crippen LogP contribution in [0.2, 0.25) is 0 Å². The summed E-state index contributed by atoms with van der Waals surface area (Å²) >= 11 is 0. The van der Waals surface area contributed by atoms with E-state index in [1.54, 1.807) is 11.4 Å². The number of pyridine rings is 1. The number of rotatable bonds is 4. The van der Waals surface area contributed by atoms with Gasteiger partial charge in [-0.2, -0.15) is 5.10 Å². The van der Waals surface area contributed by atoms with Gasteiger partial charge in [-0.25, -0.2) is 9.50 Å². The summed E-state index contributed by atoms with van der Waals surface area (Å²) in [5.74, 6) is 0.459. The molecule has 0 saturated heterocycles. The minimum absolute atomic E-state index is 0.207. The van der Waals surface area contributed by atoms with Crippen LogP contribution in [0.3, 0.4) is 0 Å². The number of carbonyl (C=O) groups is 1. The molecule has 0 aliphatic rings. The maximum Gasteiger partial charge on any atom is 0.306 e. The third-order valence-electron chi connectivity index (χ3n) is 2.14. The third kappa shape index (κ3) is 2.36. The van der Waals surface area contributed by atoms with E-state index in [0.717, 1.165) is 5.65 Å². The summed E-state index contributed by atoms with van der Waals surface area (Å²) in [4.78, 5) is 15.4. The molecular formula is C11H13N3O2. The van der Waals surface area contributed by atoms with Gasteiger partial charge in [0, 0.05) is 12.6 Å². The van der Waals surface area contributed by atoms with Crippen LogP contribution in [0.25, 0.3) is 5.65 Å². The third-order valence-corrected chi connectivity index (χ3v) is 2.14. The predicted octanol–water partition coefficient (Wildman–Crippen LogP) is 1.22. The minimum atomic E-state index is -0.207. The van der Waals surface area contributed by atoms with Crippen molar-refractivity contribution in [3.05, 3.63) is 30.2 Å². The average Bonchev–Trinajstić information content (AvgIpc) is 2.69. The first-order valence-corrected chi connectivity index (χ1v) is 5.25. The lowest BCUT2D eigenvalue weighted by atomic mass is 10.3. The van der Waals surface area contributed by atoms with Crippen LogP contribution < -0.4 is 0 Å². The van der Waals surface area contributed by atoms with Crippen molar-refractivity contribution in [3.8, 4) is 0 Å². The number of carbonyl (C=O) groups excluding carboxylic acids is 1. The Bertz CT molecular complexity index is 460. The monoisotopic (exact) mass is 219 g/mol. The first-order chi connectivity index (χ1) is 7.79. The van der Waals surface area contributed by atoms with Gasteiger partial charge in [0.15, 0.2) is 11.5 Å². The van der Waals surface area contributed by atoms with E-state index in [-0.39, 0.29) is 5.97 Å². The van der Waals surface area contributed by atoms with E-state index in [1.165, 1.54) is 0 Å². The Morgan fingerprint density at radius 1 is 1.50 bits per heavy atom. The number of nitrogens with zero attached hydrogens (tertiary/aromatic N) is 3. The normalized spacial score (nSPS) is 10.6. The Hall–Kier alpha value is -1.91. The molecule has 16 heavy (non-hydrogen) atoms. The van der Waals surface area contributed by atoms with Crippen LogP contribution in [0.5, 0.6) is 0 Å². The van der Waals surface area contributed by atoms with Gasteiger partial charge in [-0.05, 0) is 19.1 Å². The zero-order chi connectivity index (χ0) is 11.4. The molecule has 2 aromatic heterocycles. The molecule has 0 spiro atoms. The van der Waals surface area contributed by atoms with Crippen molar-refractivity contribution in [1.82, 2.24) is 14.6 Å². The second-order valence-corrected chi connectivity index (χ2v) is 3.34. The van der Waals surface area contributed by atoms with Crippen molar-refractivity contribution in [2.24, 2.45) is 0 Å². The molecule has 0 unspecified atom stereocenters. The highest BCUT2D eigenvalue weighted by Crippen LogP contribution is 2.03. The quantitative estimate of drug-likeness (QED) is 0.725. The molecule has 0 aliphatic carbocycles. The molecule has 0 N–H and O–H groups in total. The summed E-state index contributed by atoms with van der Waals surface area (Å²) < 4.78 is 6.53. The zero-order valence-electron chi connectivity index (χ0n) is 9.09. The SMILES string of the molecule is CCOC(=O)CCc1nc2ccccn2n1. The van der Waals surface area contributed by atoms with Gasteiger partial charge in [0.25, 0.3) is 0 Å². The number of hydrogen-bond acceptors (Lipinski definition) is 4. The lowest BCUT2D eigenvalue weighted by molar-refractivity contribution is -0.143. The van der Waals surface area contributed by atoms with Gasteiger partial charge in [-0.1, -0.05) is 6.07 Å². The van der Waals surface area contributed by atoms with Gasteiger partial charge in [0.05, 0.1) is 13.0 Å². The van der Waals surface area contributed by atoms with E-state index in [2.05, 4.69) is 10.1 Å². The number of fused-ring (bicyclic) bond motifs is 1. The molecule has 0 atom stereocenters. The number of aromatic nitrogens is 3. The van der Waals surface area contributed by atoms with Gasteiger partial charge in [-0.15, -0.1) is 0 Å². The molecule has 0 amide bonds.